The second-order valence-corrected chi connectivity index (χ2v) is 4.78. The summed E-state index contributed by atoms with van der Waals surface area (Å²) in [4.78, 5) is 11.8. The van der Waals surface area contributed by atoms with Gasteiger partial charge in [0, 0.05) is 18.7 Å². The van der Waals surface area contributed by atoms with Crippen LogP contribution in [0.3, 0.4) is 0 Å². The number of H-pyrrole nitrogens is 1. The lowest BCUT2D eigenvalue weighted by molar-refractivity contribution is 0.368. The fourth-order valence-corrected chi connectivity index (χ4v) is 2.27. The van der Waals surface area contributed by atoms with Crippen LogP contribution < -0.4 is 0 Å². The van der Waals surface area contributed by atoms with E-state index in [4.69, 9.17) is 16.7 Å². The number of pyridine rings is 1. The Bertz CT molecular complexity index is 785. The first-order valence-electron chi connectivity index (χ1n) is 5.99. The van der Waals surface area contributed by atoms with Gasteiger partial charge in [-0.3, -0.25) is 0 Å². The van der Waals surface area contributed by atoms with Gasteiger partial charge < -0.3 is 14.1 Å². The molecule has 0 fully saturated rings. The lowest BCUT2D eigenvalue weighted by Crippen LogP contribution is -2.03. The molecule has 0 saturated carbocycles. The third-order valence-electron chi connectivity index (χ3n) is 2.88. The molecule has 1 N–H and O–H groups in total. The molecule has 0 aliphatic rings. The van der Waals surface area contributed by atoms with Crippen molar-refractivity contribution in [1.29, 1.82) is 0 Å². The maximum atomic E-state index is 5.32. The fourth-order valence-electron chi connectivity index (χ4n) is 1.98. The van der Waals surface area contributed by atoms with Crippen LogP contribution in [0.4, 0.5) is 0 Å². The Kier molecular flexibility index (Phi) is 2.90. The molecular weight excluding hydrogens is 262 g/mol. The summed E-state index contributed by atoms with van der Waals surface area (Å²) in [6.45, 7) is 4.42. The molecule has 6 nitrogen and oxygen atoms in total. The van der Waals surface area contributed by atoms with Crippen molar-refractivity contribution in [3.63, 3.8) is 0 Å². The average molecular weight is 275 g/mol. The Hall–Kier alpha value is -2.02. The monoisotopic (exact) mass is 275 g/mol. The molecule has 98 valence electrons. The Morgan fingerprint density at radius 2 is 2.16 bits per heavy atom. The first kappa shape index (κ1) is 12.0. The molecule has 0 aromatic carbocycles. The molecule has 7 heteroatoms. The summed E-state index contributed by atoms with van der Waals surface area (Å²) in [5.41, 5.74) is 2.77. The second kappa shape index (κ2) is 4.58. The highest BCUT2D eigenvalue weighted by molar-refractivity contribution is 7.71. The van der Waals surface area contributed by atoms with Crippen LogP contribution in [0.15, 0.2) is 16.7 Å². The van der Waals surface area contributed by atoms with Crippen LogP contribution >= 0.6 is 12.2 Å². The number of imidazole rings is 1. The van der Waals surface area contributed by atoms with Crippen LogP contribution in [0.25, 0.3) is 11.2 Å². The zero-order chi connectivity index (χ0) is 13.4. The number of rotatable bonds is 3. The average Bonchev–Trinajstić information content (AvgIpc) is 2.90. The summed E-state index contributed by atoms with van der Waals surface area (Å²) in [5.74, 6) is 1.26. The van der Waals surface area contributed by atoms with Gasteiger partial charge in [0.2, 0.25) is 5.89 Å². The van der Waals surface area contributed by atoms with Crippen LogP contribution in [0, 0.1) is 18.6 Å². The first-order chi connectivity index (χ1) is 9.13. The normalized spacial score (nSPS) is 11.3. The minimum atomic E-state index is 0.612. The van der Waals surface area contributed by atoms with Gasteiger partial charge >= 0.3 is 0 Å². The highest BCUT2D eigenvalue weighted by Gasteiger charge is 2.08. The molecule has 0 unspecified atom stereocenters. The van der Waals surface area contributed by atoms with E-state index in [0.717, 1.165) is 16.9 Å². The van der Waals surface area contributed by atoms with Crippen LogP contribution in [0.1, 0.15) is 17.4 Å². The zero-order valence-electron chi connectivity index (χ0n) is 10.7. The molecule has 3 rings (SSSR count). The minimum Gasteiger partial charge on any atom is -0.339 e. The molecule has 0 atom stereocenters. The molecule has 0 aliphatic heterocycles. The van der Waals surface area contributed by atoms with E-state index in [0.29, 0.717) is 29.5 Å². The zero-order valence-corrected chi connectivity index (χ0v) is 11.5. The number of hydrogen-bond donors (Lipinski definition) is 1. The molecule has 0 aliphatic carbocycles. The van der Waals surface area contributed by atoms with Crippen molar-refractivity contribution in [2.45, 2.75) is 26.8 Å². The van der Waals surface area contributed by atoms with E-state index in [1.807, 2.05) is 23.6 Å². The van der Waals surface area contributed by atoms with E-state index >= 15 is 0 Å². The maximum Gasteiger partial charge on any atom is 0.228 e. The van der Waals surface area contributed by atoms with Crippen molar-refractivity contribution in [2.75, 3.05) is 0 Å². The van der Waals surface area contributed by atoms with Crippen LogP contribution in [-0.4, -0.2) is 24.7 Å². The highest BCUT2D eigenvalue weighted by Crippen LogP contribution is 2.13. The predicted molar refractivity (Wildman–Crippen MR) is 72.4 cm³/mol. The lowest BCUT2D eigenvalue weighted by Gasteiger charge is -2.01. The van der Waals surface area contributed by atoms with E-state index in [2.05, 4.69) is 20.1 Å². The summed E-state index contributed by atoms with van der Waals surface area (Å²) in [6.07, 6.45) is 0.637. The van der Waals surface area contributed by atoms with Gasteiger partial charge in [-0.05, 0) is 38.2 Å². The summed E-state index contributed by atoms with van der Waals surface area (Å²) in [7, 11) is 0. The van der Waals surface area contributed by atoms with Crippen LogP contribution in [0.2, 0.25) is 0 Å². The van der Waals surface area contributed by atoms with Crippen LogP contribution in [0.5, 0.6) is 0 Å². The van der Waals surface area contributed by atoms with Crippen molar-refractivity contribution in [3.8, 4) is 0 Å². The van der Waals surface area contributed by atoms with Crippen molar-refractivity contribution >= 4 is 23.4 Å². The number of nitrogens with one attached hydrogen (secondary N) is 1. The molecule has 3 heterocycles. The Morgan fingerprint density at radius 3 is 2.89 bits per heavy atom. The van der Waals surface area contributed by atoms with Gasteiger partial charge in [-0.1, -0.05) is 5.16 Å². The first-order valence-corrected chi connectivity index (χ1v) is 6.39. The van der Waals surface area contributed by atoms with E-state index in [1.165, 1.54) is 0 Å². The third-order valence-corrected chi connectivity index (χ3v) is 3.20. The molecule has 0 bridgehead atoms. The SMILES string of the molecule is Cc1ccc2[nH]c(=S)n(CCc3nc(C)no3)c2n1. The fraction of sp³-hybridized carbons (Fsp3) is 0.333. The van der Waals surface area contributed by atoms with E-state index < -0.39 is 0 Å². The molecule has 0 spiro atoms. The Balaban J connectivity index is 1.94. The predicted octanol–water partition coefficient (Wildman–Crippen LogP) is 2.34. The topological polar surface area (TPSA) is 72.5 Å². The minimum absolute atomic E-state index is 0.612. The van der Waals surface area contributed by atoms with Crippen molar-refractivity contribution in [3.05, 3.63) is 34.3 Å². The van der Waals surface area contributed by atoms with Crippen molar-refractivity contribution in [2.24, 2.45) is 0 Å². The molecule has 19 heavy (non-hydrogen) atoms. The Labute approximate surface area is 114 Å². The van der Waals surface area contributed by atoms with E-state index in [1.54, 1.807) is 6.92 Å². The molecule has 0 amide bonds. The smallest absolute Gasteiger partial charge is 0.228 e. The van der Waals surface area contributed by atoms with Crippen molar-refractivity contribution in [1.82, 2.24) is 24.7 Å². The largest absolute Gasteiger partial charge is 0.339 e. The number of fused-ring (bicyclic) bond motifs is 1. The quantitative estimate of drug-likeness (QED) is 0.743. The standard InChI is InChI=1S/C12H13N5OS/c1-7-3-4-9-11(13-7)17(12(19)15-9)6-5-10-14-8(2)16-18-10/h3-4H,5-6H2,1-2H3,(H,15,19). The van der Waals surface area contributed by atoms with Gasteiger partial charge in [0.05, 0.1) is 5.52 Å². The van der Waals surface area contributed by atoms with E-state index in [-0.39, 0.29) is 0 Å². The van der Waals surface area contributed by atoms with Gasteiger partial charge in [-0.2, -0.15) is 4.98 Å². The van der Waals surface area contributed by atoms with Crippen LogP contribution in [-0.2, 0) is 13.0 Å². The van der Waals surface area contributed by atoms with Gasteiger partial charge in [0.15, 0.2) is 16.2 Å². The van der Waals surface area contributed by atoms with Gasteiger partial charge in [0.25, 0.3) is 0 Å². The van der Waals surface area contributed by atoms with Crippen molar-refractivity contribution < 1.29 is 4.52 Å². The molecule has 3 aromatic rings. The molecule has 3 aromatic heterocycles. The summed E-state index contributed by atoms with van der Waals surface area (Å²) >= 11 is 5.32. The number of aromatic nitrogens is 5. The number of hydrogen-bond acceptors (Lipinski definition) is 5. The summed E-state index contributed by atoms with van der Waals surface area (Å²) < 4.78 is 7.71. The highest BCUT2D eigenvalue weighted by atomic mass is 32.1. The maximum absolute atomic E-state index is 5.32. The van der Waals surface area contributed by atoms with E-state index in [9.17, 15) is 0 Å². The number of aromatic amines is 1. The summed E-state index contributed by atoms with van der Waals surface area (Å²) in [6, 6.07) is 3.94. The molecule has 0 saturated heterocycles. The summed E-state index contributed by atoms with van der Waals surface area (Å²) in [5, 5.41) is 3.77. The van der Waals surface area contributed by atoms with Gasteiger partial charge in [-0.25, -0.2) is 4.98 Å². The van der Waals surface area contributed by atoms with Gasteiger partial charge in [0.1, 0.15) is 0 Å². The third kappa shape index (κ3) is 2.28. The lowest BCUT2D eigenvalue weighted by atomic mass is 10.3. The number of nitrogens with zero attached hydrogens (tertiary/aromatic N) is 4. The van der Waals surface area contributed by atoms with Gasteiger partial charge in [-0.15, -0.1) is 0 Å². The second-order valence-electron chi connectivity index (χ2n) is 4.39. The molecule has 0 radical (unpaired) electrons. The number of aryl methyl sites for hydroxylation is 4. The Morgan fingerprint density at radius 1 is 1.32 bits per heavy atom. The molecular formula is C12H13N5OS.